The molecule has 0 amide bonds. The highest BCUT2D eigenvalue weighted by molar-refractivity contribution is 9.10. The first-order chi connectivity index (χ1) is 9.26. The molecule has 2 aromatic carbocycles. The molecule has 0 bridgehead atoms. The van der Waals surface area contributed by atoms with Crippen molar-refractivity contribution in [2.24, 2.45) is 0 Å². The first kappa shape index (κ1) is 13.7. The van der Waals surface area contributed by atoms with Gasteiger partial charge < -0.3 is 9.47 Å². The second kappa shape index (κ2) is 6.43. The van der Waals surface area contributed by atoms with Gasteiger partial charge in [0.15, 0.2) is 11.5 Å². The van der Waals surface area contributed by atoms with Crippen molar-refractivity contribution in [3.05, 3.63) is 58.1 Å². The smallest absolute Gasteiger partial charge is 0.167 e. The van der Waals surface area contributed by atoms with Crippen LogP contribution in [0.15, 0.2) is 46.9 Å². The summed E-state index contributed by atoms with van der Waals surface area (Å²) in [6.07, 6.45) is 4.06. The van der Waals surface area contributed by atoms with Gasteiger partial charge in [-0.2, -0.15) is 0 Å². The molecule has 0 saturated carbocycles. The third-order valence-corrected chi connectivity index (χ3v) is 3.50. The predicted molar refractivity (Wildman–Crippen MR) is 82.6 cm³/mol. The highest BCUT2D eigenvalue weighted by atomic mass is 79.9. The van der Waals surface area contributed by atoms with E-state index in [2.05, 4.69) is 15.9 Å². The molecule has 2 rings (SSSR count). The standard InChI is InChI=1S/C16H15BrO2/c1-18-15-9-5-7-13(16(15)19-2)11-10-12-6-3-4-8-14(12)17/h3-11H,1-2H3/b11-10+. The number of hydrogen-bond donors (Lipinski definition) is 0. The van der Waals surface area contributed by atoms with Gasteiger partial charge in [0, 0.05) is 10.0 Å². The molecule has 19 heavy (non-hydrogen) atoms. The molecule has 0 unspecified atom stereocenters. The third-order valence-electron chi connectivity index (χ3n) is 2.78. The molecule has 0 saturated heterocycles. The second-order valence-corrected chi connectivity index (χ2v) is 4.79. The van der Waals surface area contributed by atoms with Gasteiger partial charge >= 0.3 is 0 Å². The Morgan fingerprint density at radius 2 is 1.53 bits per heavy atom. The number of halogens is 1. The summed E-state index contributed by atoms with van der Waals surface area (Å²) in [4.78, 5) is 0. The molecule has 0 aliphatic heterocycles. The number of para-hydroxylation sites is 1. The van der Waals surface area contributed by atoms with Crippen molar-refractivity contribution in [1.29, 1.82) is 0 Å². The van der Waals surface area contributed by atoms with Gasteiger partial charge in [-0.3, -0.25) is 0 Å². The Bertz CT molecular complexity index is 591. The maximum Gasteiger partial charge on any atom is 0.167 e. The van der Waals surface area contributed by atoms with Crippen LogP contribution in [0.2, 0.25) is 0 Å². The monoisotopic (exact) mass is 318 g/mol. The van der Waals surface area contributed by atoms with Crippen LogP contribution >= 0.6 is 15.9 Å². The Hall–Kier alpha value is -1.74. The molecule has 3 heteroatoms. The Kier molecular flexibility index (Phi) is 4.63. The van der Waals surface area contributed by atoms with Crippen molar-refractivity contribution in [2.45, 2.75) is 0 Å². The van der Waals surface area contributed by atoms with Crippen molar-refractivity contribution in [1.82, 2.24) is 0 Å². The van der Waals surface area contributed by atoms with Gasteiger partial charge in [-0.05, 0) is 17.7 Å². The largest absolute Gasteiger partial charge is 0.493 e. The van der Waals surface area contributed by atoms with E-state index >= 15 is 0 Å². The first-order valence-electron chi connectivity index (χ1n) is 5.90. The predicted octanol–water partition coefficient (Wildman–Crippen LogP) is 4.64. The minimum Gasteiger partial charge on any atom is -0.493 e. The van der Waals surface area contributed by atoms with Crippen LogP contribution < -0.4 is 9.47 Å². The molecule has 0 aliphatic rings. The van der Waals surface area contributed by atoms with Crippen molar-refractivity contribution in [2.75, 3.05) is 14.2 Å². The summed E-state index contributed by atoms with van der Waals surface area (Å²) in [6.45, 7) is 0. The van der Waals surface area contributed by atoms with Crippen LogP contribution in [0.5, 0.6) is 11.5 Å². The van der Waals surface area contributed by atoms with Crippen molar-refractivity contribution in [3.63, 3.8) is 0 Å². The first-order valence-corrected chi connectivity index (χ1v) is 6.69. The molecule has 0 N–H and O–H groups in total. The fourth-order valence-electron chi connectivity index (χ4n) is 1.83. The minimum absolute atomic E-state index is 0.733. The summed E-state index contributed by atoms with van der Waals surface area (Å²) < 4.78 is 11.7. The summed E-state index contributed by atoms with van der Waals surface area (Å²) >= 11 is 3.53. The quantitative estimate of drug-likeness (QED) is 0.765. The van der Waals surface area contributed by atoms with Gasteiger partial charge in [0.25, 0.3) is 0 Å². The zero-order valence-corrected chi connectivity index (χ0v) is 12.5. The Morgan fingerprint density at radius 3 is 2.21 bits per heavy atom. The molecule has 0 atom stereocenters. The highest BCUT2D eigenvalue weighted by Gasteiger charge is 2.06. The molecule has 0 radical (unpaired) electrons. The zero-order chi connectivity index (χ0) is 13.7. The van der Waals surface area contributed by atoms with Gasteiger partial charge in [-0.15, -0.1) is 0 Å². The van der Waals surface area contributed by atoms with E-state index in [4.69, 9.17) is 9.47 Å². The number of rotatable bonds is 4. The topological polar surface area (TPSA) is 18.5 Å². The van der Waals surface area contributed by atoms with Crippen LogP contribution in [0.3, 0.4) is 0 Å². The Balaban J connectivity index is 2.36. The number of methoxy groups -OCH3 is 2. The molecule has 0 aromatic heterocycles. The molecule has 98 valence electrons. The van der Waals surface area contributed by atoms with E-state index < -0.39 is 0 Å². The third kappa shape index (κ3) is 3.18. The van der Waals surface area contributed by atoms with E-state index in [-0.39, 0.29) is 0 Å². The SMILES string of the molecule is COc1cccc(/C=C/c2ccccc2Br)c1OC. The normalized spacial score (nSPS) is 10.7. The van der Waals surface area contributed by atoms with Crippen molar-refractivity contribution in [3.8, 4) is 11.5 Å². The van der Waals surface area contributed by atoms with E-state index in [1.165, 1.54) is 0 Å². The van der Waals surface area contributed by atoms with Gasteiger partial charge in [-0.1, -0.05) is 58.4 Å². The summed E-state index contributed by atoms with van der Waals surface area (Å²) in [6, 6.07) is 13.9. The van der Waals surface area contributed by atoms with Gasteiger partial charge in [0.05, 0.1) is 14.2 Å². The van der Waals surface area contributed by atoms with Gasteiger partial charge in [0.1, 0.15) is 0 Å². The summed E-state index contributed by atoms with van der Waals surface area (Å²) in [5.41, 5.74) is 2.10. The summed E-state index contributed by atoms with van der Waals surface area (Å²) in [7, 11) is 3.28. The highest BCUT2D eigenvalue weighted by Crippen LogP contribution is 2.32. The van der Waals surface area contributed by atoms with Crippen LogP contribution in [0.25, 0.3) is 12.2 Å². The summed E-state index contributed by atoms with van der Waals surface area (Å²) in [5.74, 6) is 1.48. The lowest BCUT2D eigenvalue weighted by atomic mass is 10.1. The van der Waals surface area contributed by atoms with Gasteiger partial charge in [-0.25, -0.2) is 0 Å². The van der Waals surface area contributed by atoms with E-state index in [9.17, 15) is 0 Å². The van der Waals surface area contributed by atoms with Crippen LogP contribution in [0.1, 0.15) is 11.1 Å². The van der Waals surface area contributed by atoms with Gasteiger partial charge in [0.2, 0.25) is 0 Å². The Labute approximate surface area is 121 Å². The number of benzene rings is 2. The molecule has 0 spiro atoms. The maximum absolute atomic E-state index is 5.40. The average Bonchev–Trinajstić information content (AvgIpc) is 2.45. The second-order valence-electron chi connectivity index (χ2n) is 3.94. The molecule has 0 aliphatic carbocycles. The van der Waals surface area contributed by atoms with Crippen LogP contribution in [0.4, 0.5) is 0 Å². The number of ether oxygens (including phenoxy) is 2. The molecule has 2 aromatic rings. The lowest BCUT2D eigenvalue weighted by Crippen LogP contribution is -1.92. The van der Waals surface area contributed by atoms with Crippen molar-refractivity contribution >= 4 is 28.1 Å². The molecule has 2 nitrogen and oxygen atoms in total. The van der Waals surface area contributed by atoms with Crippen LogP contribution in [-0.2, 0) is 0 Å². The lowest BCUT2D eigenvalue weighted by Gasteiger charge is -2.09. The summed E-state index contributed by atoms with van der Waals surface area (Å²) in [5, 5.41) is 0. The van der Waals surface area contributed by atoms with Crippen molar-refractivity contribution < 1.29 is 9.47 Å². The molecular weight excluding hydrogens is 304 g/mol. The molecule has 0 heterocycles. The minimum atomic E-state index is 0.733. The molecule has 0 fully saturated rings. The average molecular weight is 319 g/mol. The van der Waals surface area contributed by atoms with E-state index in [1.807, 2.05) is 54.6 Å². The van der Waals surface area contributed by atoms with E-state index in [1.54, 1.807) is 14.2 Å². The lowest BCUT2D eigenvalue weighted by molar-refractivity contribution is 0.354. The Morgan fingerprint density at radius 1 is 0.842 bits per heavy atom. The number of hydrogen-bond acceptors (Lipinski definition) is 2. The fourth-order valence-corrected chi connectivity index (χ4v) is 2.25. The van der Waals surface area contributed by atoms with E-state index in [0.717, 1.165) is 27.1 Å². The fraction of sp³-hybridized carbons (Fsp3) is 0.125. The molecular formula is C16H15BrO2. The van der Waals surface area contributed by atoms with Crippen LogP contribution in [-0.4, -0.2) is 14.2 Å². The maximum atomic E-state index is 5.40. The zero-order valence-electron chi connectivity index (χ0n) is 10.9. The van der Waals surface area contributed by atoms with E-state index in [0.29, 0.717) is 0 Å². The van der Waals surface area contributed by atoms with Crippen LogP contribution in [0, 0.1) is 0 Å².